The first-order valence-electron chi connectivity index (χ1n) is 3.82. The van der Waals surface area contributed by atoms with Crippen LogP contribution in [0, 0.1) is 0 Å². The Morgan fingerprint density at radius 1 is 1.42 bits per heavy atom. The lowest BCUT2D eigenvalue weighted by atomic mass is 10.1. The molecule has 0 radical (unpaired) electrons. The van der Waals surface area contributed by atoms with Gasteiger partial charge in [0.1, 0.15) is 4.75 Å². The molecule has 1 spiro atoms. The van der Waals surface area contributed by atoms with Gasteiger partial charge in [0.05, 0.1) is 0 Å². The van der Waals surface area contributed by atoms with Crippen molar-refractivity contribution in [1.29, 1.82) is 0 Å². The molecule has 1 fully saturated rings. The standard InChI is InChI=1S/C8H9NO2S/c1-9-6(10)8(12-7(9)11)4-2-3-5-8/h2-3H,4-5H2,1H3. The number of amides is 2. The van der Waals surface area contributed by atoms with Crippen molar-refractivity contribution in [3.63, 3.8) is 0 Å². The summed E-state index contributed by atoms with van der Waals surface area (Å²) in [6, 6.07) is 0. The molecule has 2 rings (SSSR count). The van der Waals surface area contributed by atoms with Crippen molar-refractivity contribution in [3.05, 3.63) is 12.2 Å². The number of nitrogens with zero attached hydrogens (tertiary/aromatic N) is 1. The van der Waals surface area contributed by atoms with Gasteiger partial charge in [0, 0.05) is 7.05 Å². The van der Waals surface area contributed by atoms with E-state index in [1.807, 2.05) is 12.2 Å². The van der Waals surface area contributed by atoms with Crippen LogP contribution in [-0.4, -0.2) is 27.8 Å². The summed E-state index contributed by atoms with van der Waals surface area (Å²) in [5.74, 6) is -0.0394. The van der Waals surface area contributed by atoms with Crippen LogP contribution >= 0.6 is 11.8 Å². The van der Waals surface area contributed by atoms with E-state index < -0.39 is 4.75 Å². The molecule has 0 unspecified atom stereocenters. The first-order valence-corrected chi connectivity index (χ1v) is 4.63. The van der Waals surface area contributed by atoms with E-state index in [0.29, 0.717) is 12.8 Å². The molecule has 0 N–H and O–H groups in total. The molecule has 3 nitrogen and oxygen atoms in total. The third-order valence-electron chi connectivity index (χ3n) is 2.31. The number of carbonyl (C=O) groups is 2. The molecule has 1 heterocycles. The maximum Gasteiger partial charge on any atom is 0.289 e. The number of allylic oxidation sites excluding steroid dienone is 2. The van der Waals surface area contributed by atoms with Gasteiger partial charge in [-0.05, 0) is 24.6 Å². The van der Waals surface area contributed by atoms with Gasteiger partial charge in [-0.3, -0.25) is 14.5 Å². The molecular weight excluding hydrogens is 174 g/mol. The molecule has 1 aliphatic heterocycles. The van der Waals surface area contributed by atoms with Crippen molar-refractivity contribution in [2.45, 2.75) is 17.6 Å². The lowest BCUT2D eigenvalue weighted by molar-refractivity contribution is -0.128. The fourth-order valence-corrected chi connectivity index (χ4v) is 2.69. The molecule has 1 saturated heterocycles. The Hall–Kier alpha value is -0.770. The quantitative estimate of drug-likeness (QED) is 0.533. The van der Waals surface area contributed by atoms with Crippen LogP contribution in [0.15, 0.2) is 12.2 Å². The first-order chi connectivity index (χ1) is 5.66. The molecule has 2 amide bonds. The first kappa shape index (κ1) is 7.86. The highest BCUT2D eigenvalue weighted by atomic mass is 32.2. The smallest absolute Gasteiger partial charge is 0.275 e. The Balaban J connectivity index is 2.30. The third-order valence-corrected chi connectivity index (χ3v) is 3.66. The van der Waals surface area contributed by atoms with Gasteiger partial charge >= 0.3 is 0 Å². The predicted molar refractivity (Wildman–Crippen MR) is 46.9 cm³/mol. The largest absolute Gasteiger partial charge is 0.289 e. The van der Waals surface area contributed by atoms with Crippen molar-refractivity contribution >= 4 is 22.9 Å². The maximum atomic E-state index is 11.6. The molecule has 0 aromatic carbocycles. The summed E-state index contributed by atoms with van der Waals surface area (Å²) in [5.41, 5.74) is 0. The van der Waals surface area contributed by atoms with Crippen LogP contribution < -0.4 is 0 Å². The number of rotatable bonds is 0. The van der Waals surface area contributed by atoms with E-state index in [0.717, 1.165) is 0 Å². The molecule has 0 saturated carbocycles. The zero-order valence-corrected chi connectivity index (χ0v) is 7.56. The van der Waals surface area contributed by atoms with Crippen LogP contribution in [-0.2, 0) is 4.79 Å². The third kappa shape index (κ3) is 0.843. The summed E-state index contributed by atoms with van der Waals surface area (Å²) in [4.78, 5) is 24.0. The monoisotopic (exact) mass is 183 g/mol. The van der Waals surface area contributed by atoms with Gasteiger partial charge in [0.2, 0.25) is 5.91 Å². The molecule has 0 atom stereocenters. The normalized spacial score (nSPS) is 26.2. The van der Waals surface area contributed by atoms with Gasteiger partial charge in [-0.2, -0.15) is 0 Å². The van der Waals surface area contributed by atoms with Gasteiger partial charge in [-0.25, -0.2) is 0 Å². The zero-order chi connectivity index (χ0) is 8.77. The fourth-order valence-electron chi connectivity index (χ4n) is 1.56. The lowest BCUT2D eigenvalue weighted by Gasteiger charge is -2.16. The molecule has 0 aromatic rings. The Kier molecular flexibility index (Phi) is 1.54. The molecule has 0 aromatic heterocycles. The van der Waals surface area contributed by atoms with Crippen molar-refractivity contribution in [1.82, 2.24) is 4.90 Å². The second kappa shape index (κ2) is 2.36. The summed E-state index contributed by atoms with van der Waals surface area (Å²) >= 11 is 1.17. The zero-order valence-electron chi connectivity index (χ0n) is 6.74. The van der Waals surface area contributed by atoms with Crippen LogP contribution in [0.5, 0.6) is 0 Å². The predicted octanol–water partition coefficient (Wildman–Crippen LogP) is 1.40. The maximum absolute atomic E-state index is 11.6. The number of hydrogen-bond acceptors (Lipinski definition) is 3. The Morgan fingerprint density at radius 3 is 2.42 bits per heavy atom. The second-order valence-corrected chi connectivity index (χ2v) is 4.44. The summed E-state index contributed by atoms with van der Waals surface area (Å²) in [6.07, 6.45) is 5.34. The van der Waals surface area contributed by atoms with Crippen LogP contribution in [0.1, 0.15) is 12.8 Å². The van der Waals surface area contributed by atoms with E-state index >= 15 is 0 Å². The molecule has 4 heteroatoms. The lowest BCUT2D eigenvalue weighted by Crippen LogP contribution is -2.35. The van der Waals surface area contributed by atoms with Gasteiger partial charge in [-0.15, -0.1) is 0 Å². The number of carbonyl (C=O) groups excluding carboxylic acids is 2. The SMILES string of the molecule is CN1C(=O)SC2(CC=CC2)C1=O. The van der Waals surface area contributed by atoms with Crippen molar-refractivity contribution in [2.24, 2.45) is 0 Å². The van der Waals surface area contributed by atoms with Crippen LogP contribution in [0.25, 0.3) is 0 Å². The average molecular weight is 183 g/mol. The van der Waals surface area contributed by atoms with E-state index in [1.54, 1.807) is 7.05 Å². The summed E-state index contributed by atoms with van der Waals surface area (Å²) in [6.45, 7) is 0. The minimum Gasteiger partial charge on any atom is -0.275 e. The summed E-state index contributed by atoms with van der Waals surface area (Å²) < 4.78 is -0.466. The van der Waals surface area contributed by atoms with E-state index in [-0.39, 0.29) is 11.1 Å². The number of imide groups is 1. The van der Waals surface area contributed by atoms with Gasteiger partial charge < -0.3 is 0 Å². The van der Waals surface area contributed by atoms with Crippen LogP contribution in [0.4, 0.5) is 4.79 Å². The van der Waals surface area contributed by atoms with Crippen LogP contribution in [0.3, 0.4) is 0 Å². The minimum absolute atomic E-state index is 0.0394. The molecule has 1 aliphatic carbocycles. The topological polar surface area (TPSA) is 37.4 Å². The average Bonchev–Trinajstić information content (AvgIpc) is 2.57. The van der Waals surface area contributed by atoms with Gasteiger partial charge in [0.25, 0.3) is 5.24 Å². The molecule has 0 bridgehead atoms. The Morgan fingerprint density at radius 2 is 2.00 bits per heavy atom. The summed E-state index contributed by atoms with van der Waals surface area (Å²) in [5, 5.41) is -0.122. The minimum atomic E-state index is -0.466. The number of hydrogen-bond donors (Lipinski definition) is 0. The fraction of sp³-hybridized carbons (Fsp3) is 0.500. The van der Waals surface area contributed by atoms with Gasteiger partial charge in [0.15, 0.2) is 0 Å². The van der Waals surface area contributed by atoms with Crippen molar-refractivity contribution in [2.75, 3.05) is 7.05 Å². The van der Waals surface area contributed by atoms with E-state index in [1.165, 1.54) is 16.7 Å². The van der Waals surface area contributed by atoms with Gasteiger partial charge in [-0.1, -0.05) is 12.2 Å². The van der Waals surface area contributed by atoms with E-state index in [9.17, 15) is 9.59 Å². The van der Waals surface area contributed by atoms with E-state index in [2.05, 4.69) is 0 Å². The molecule has 2 aliphatic rings. The molecule has 64 valence electrons. The van der Waals surface area contributed by atoms with E-state index in [4.69, 9.17) is 0 Å². The Labute approximate surface area is 74.8 Å². The van der Waals surface area contributed by atoms with Crippen LogP contribution in [0.2, 0.25) is 0 Å². The summed E-state index contributed by atoms with van der Waals surface area (Å²) in [7, 11) is 1.55. The highest BCUT2D eigenvalue weighted by Gasteiger charge is 2.51. The van der Waals surface area contributed by atoms with Crippen molar-refractivity contribution in [3.8, 4) is 0 Å². The number of thioether (sulfide) groups is 1. The molecular formula is C8H9NO2S. The Bertz CT molecular complexity index is 277. The van der Waals surface area contributed by atoms with Crippen molar-refractivity contribution < 1.29 is 9.59 Å². The molecule has 12 heavy (non-hydrogen) atoms. The highest BCUT2D eigenvalue weighted by Crippen LogP contribution is 2.45. The second-order valence-electron chi connectivity index (χ2n) is 3.11. The highest BCUT2D eigenvalue weighted by molar-refractivity contribution is 8.16.